The minimum absolute atomic E-state index is 0.00112. The average Bonchev–Trinajstić information content (AvgIpc) is 3.67. The molecule has 2 amide bonds. The second-order valence-corrected chi connectivity index (χ2v) is 13.7. The van der Waals surface area contributed by atoms with Crippen LogP contribution in [0.25, 0.3) is 22.6 Å². The van der Waals surface area contributed by atoms with Gasteiger partial charge in [-0.3, -0.25) is 9.59 Å². The molecule has 3 atom stereocenters. The third-order valence-corrected chi connectivity index (χ3v) is 9.15. The number of rotatable bonds is 19. The molecule has 0 aliphatic heterocycles. The Hall–Kier alpha value is -6.18. The number of carbonyl (C=O) groups excluding carboxylic acids is 4. The lowest BCUT2D eigenvalue weighted by Crippen LogP contribution is -2.44. The molecule has 1 unspecified atom stereocenters. The van der Waals surface area contributed by atoms with Crippen LogP contribution < -0.4 is 32.6 Å². The van der Waals surface area contributed by atoms with E-state index in [4.69, 9.17) is 47.4 Å². The second kappa shape index (κ2) is 21.2. The first-order chi connectivity index (χ1) is 27.4. The zero-order valence-electron chi connectivity index (χ0n) is 31.0. The highest BCUT2D eigenvalue weighted by atomic mass is 35.5. The van der Waals surface area contributed by atoms with Gasteiger partial charge in [0, 0.05) is 47.8 Å². The molecule has 0 fully saturated rings. The Morgan fingerprint density at radius 1 is 0.860 bits per heavy atom. The molecule has 298 valence electrons. The van der Waals surface area contributed by atoms with Crippen molar-refractivity contribution in [2.24, 2.45) is 11.5 Å². The number of amides is 2. The number of esters is 2. The highest BCUT2D eigenvalue weighted by Crippen LogP contribution is 2.37. The molecule has 2 aromatic carbocycles. The van der Waals surface area contributed by atoms with E-state index in [-0.39, 0.29) is 71.6 Å². The molecule has 19 heteroatoms. The molecule has 8 N–H and O–H groups in total. The van der Waals surface area contributed by atoms with Crippen molar-refractivity contribution in [1.29, 1.82) is 10.5 Å². The van der Waals surface area contributed by atoms with E-state index in [1.54, 1.807) is 48.5 Å². The molecule has 0 aliphatic rings. The lowest BCUT2D eigenvalue weighted by Gasteiger charge is -2.22. The number of hydrogen-bond acceptors (Lipinski definition) is 16. The maximum absolute atomic E-state index is 12.9. The number of thioether (sulfide) groups is 1. The number of nitrogens with zero attached hydrogens (tertiary/aromatic N) is 4. The number of nitrogens with two attached hydrogens (primary N) is 3. The summed E-state index contributed by atoms with van der Waals surface area (Å²) in [4.78, 5) is 58.2. The van der Waals surface area contributed by atoms with Crippen LogP contribution in [0.15, 0.2) is 64.2 Å². The molecule has 4 rings (SSSR count). The smallest absolute Gasteiger partial charge is 0.328 e. The second-order valence-electron chi connectivity index (χ2n) is 12.3. The first kappa shape index (κ1) is 43.5. The SMILES string of the molecule is CC(NC(=O)CCN)C(=O)O[C@H](COC(=O)[C@H](C)NC(=O)CCN)COc1ccc(-c2c(C#N)c(N)nc(SCc3coc(-c4ccc(Cl)cc4)n3)c2C#N)cc1. The van der Waals surface area contributed by atoms with Crippen molar-refractivity contribution in [2.45, 2.75) is 55.7 Å². The number of pyridine rings is 1. The predicted octanol–water partition coefficient (Wildman–Crippen LogP) is 3.22. The molecule has 0 aliphatic carbocycles. The lowest BCUT2D eigenvalue weighted by molar-refractivity contribution is -0.163. The van der Waals surface area contributed by atoms with Crippen LogP contribution in [-0.2, 0) is 34.4 Å². The third-order valence-electron chi connectivity index (χ3n) is 7.89. The number of anilines is 1. The Bertz CT molecular complexity index is 2140. The number of oxazole rings is 1. The molecule has 2 heterocycles. The van der Waals surface area contributed by atoms with Crippen LogP contribution in [0.1, 0.15) is 43.5 Å². The monoisotopic (exact) mass is 817 g/mol. The lowest BCUT2D eigenvalue weighted by atomic mass is 9.97. The van der Waals surface area contributed by atoms with Gasteiger partial charge in [0.2, 0.25) is 17.7 Å². The fourth-order valence-corrected chi connectivity index (χ4v) is 6.03. The van der Waals surface area contributed by atoms with E-state index in [2.05, 4.69) is 26.7 Å². The summed E-state index contributed by atoms with van der Waals surface area (Å²) in [6.45, 7) is 2.27. The summed E-state index contributed by atoms with van der Waals surface area (Å²) in [5, 5.41) is 26.1. The molecule has 0 saturated carbocycles. The summed E-state index contributed by atoms with van der Waals surface area (Å²) in [6, 6.07) is 15.5. The zero-order valence-corrected chi connectivity index (χ0v) is 32.5. The van der Waals surface area contributed by atoms with Gasteiger partial charge in [0.25, 0.3) is 0 Å². The molecule has 2 aromatic heterocycles. The number of ether oxygens (including phenoxy) is 3. The van der Waals surface area contributed by atoms with Crippen molar-refractivity contribution >= 4 is 52.9 Å². The Morgan fingerprint density at radius 2 is 1.46 bits per heavy atom. The van der Waals surface area contributed by atoms with E-state index in [9.17, 15) is 29.7 Å². The minimum Gasteiger partial charge on any atom is -0.490 e. The van der Waals surface area contributed by atoms with Crippen LogP contribution in [0.4, 0.5) is 5.82 Å². The molecular weight excluding hydrogens is 778 g/mol. The normalized spacial score (nSPS) is 12.3. The van der Waals surface area contributed by atoms with E-state index in [0.717, 1.165) is 5.56 Å². The summed E-state index contributed by atoms with van der Waals surface area (Å²) in [5.41, 5.74) is 19.2. The largest absolute Gasteiger partial charge is 0.490 e. The van der Waals surface area contributed by atoms with Crippen molar-refractivity contribution in [2.75, 3.05) is 32.0 Å². The maximum atomic E-state index is 12.9. The number of benzene rings is 2. The molecular formula is C38H40ClN9O8S. The number of halogens is 1. The van der Waals surface area contributed by atoms with E-state index in [0.29, 0.717) is 22.2 Å². The molecule has 0 bridgehead atoms. The van der Waals surface area contributed by atoms with E-state index < -0.39 is 48.5 Å². The van der Waals surface area contributed by atoms with Crippen molar-refractivity contribution in [1.82, 2.24) is 20.6 Å². The highest BCUT2D eigenvalue weighted by Gasteiger charge is 2.26. The van der Waals surface area contributed by atoms with Crippen molar-refractivity contribution in [3.63, 3.8) is 0 Å². The number of nitriles is 2. The van der Waals surface area contributed by atoms with Gasteiger partial charge in [0.05, 0.1) is 11.3 Å². The van der Waals surface area contributed by atoms with Crippen molar-refractivity contribution < 1.29 is 37.8 Å². The molecule has 57 heavy (non-hydrogen) atoms. The van der Waals surface area contributed by atoms with E-state index in [1.807, 2.05) is 6.07 Å². The summed E-state index contributed by atoms with van der Waals surface area (Å²) in [7, 11) is 0. The summed E-state index contributed by atoms with van der Waals surface area (Å²) in [5.74, 6) is -1.64. The molecule has 0 radical (unpaired) electrons. The van der Waals surface area contributed by atoms with Crippen LogP contribution in [0, 0.1) is 22.7 Å². The van der Waals surface area contributed by atoms with Crippen molar-refractivity contribution in [3.05, 3.63) is 76.6 Å². The fourth-order valence-electron chi connectivity index (χ4n) is 5.03. The number of nitrogen functional groups attached to an aromatic ring is 1. The standard InChI is InChI=1S/C38H40ClN9O8S/c1-21(45-31(49)11-13-40)37(51)55-19-28(56-38(52)22(2)46-32(50)12-14-41)18-53-27-9-5-23(6-10-27)33-29(15-42)34(44)48-36(30(33)16-43)57-20-26-17-54-35(47-26)24-3-7-25(39)8-4-24/h3-10,17,21-22,28H,11-14,18-20,40-41H2,1-2H3,(H2,44,48)(H,45,49)(H,46,50)/t21-,22?,28-/m0/s1. The van der Waals surface area contributed by atoms with Gasteiger partial charge in [-0.2, -0.15) is 10.5 Å². The highest BCUT2D eigenvalue weighted by molar-refractivity contribution is 7.98. The minimum atomic E-state index is -1.15. The van der Waals surface area contributed by atoms with Gasteiger partial charge in [-0.1, -0.05) is 35.5 Å². The van der Waals surface area contributed by atoms with Crippen LogP contribution in [0.2, 0.25) is 5.02 Å². The van der Waals surface area contributed by atoms with E-state index >= 15 is 0 Å². The molecule has 0 spiro atoms. The number of carbonyl (C=O) groups is 4. The number of aromatic nitrogens is 2. The molecule has 4 aromatic rings. The van der Waals surface area contributed by atoms with Gasteiger partial charge in [0.1, 0.15) is 65.9 Å². The number of nitrogens with one attached hydrogen (secondary N) is 2. The topological polar surface area (TPSA) is 285 Å². The molecule has 17 nitrogen and oxygen atoms in total. The van der Waals surface area contributed by atoms with Gasteiger partial charge >= 0.3 is 11.9 Å². The Labute approximate surface area is 337 Å². The first-order valence-electron chi connectivity index (χ1n) is 17.4. The van der Waals surface area contributed by atoms with Crippen LogP contribution in [0.5, 0.6) is 5.75 Å². The predicted molar refractivity (Wildman–Crippen MR) is 209 cm³/mol. The average molecular weight is 818 g/mol. The van der Waals surface area contributed by atoms with Crippen LogP contribution in [0.3, 0.4) is 0 Å². The van der Waals surface area contributed by atoms with Gasteiger partial charge in [-0.05, 0) is 55.8 Å². The Kier molecular flexibility index (Phi) is 16.2. The van der Waals surface area contributed by atoms with Gasteiger partial charge in [0.15, 0.2) is 6.10 Å². The van der Waals surface area contributed by atoms with Gasteiger partial charge < -0.3 is 46.5 Å². The Morgan fingerprint density at radius 3 is 2.05 bits per heavy atom. The maximum Gasteiger partial charge on any atom is 0.328 e. The van der Waals surface area contributed by atoms with Gasteiger partial charge in [-0.15, -0.1) is 0 Å². The number of hydrogen-bond donors (Lipinski definition) is 5. The van der Waals surface area contributed by atoms with Crippen LogP contribution in [-0.4, -0.2) is 78.2 Å². The van der Waals surface area contributed by atoms with Crippen molar-refractivity contribution in [3.8, 4) is 40.5 Å². The van der Waals surface area contributed by atoms with E-state index in [1.165, 1.54) is 31.9 Å². The third kappa shape index (κ3) is 12.4. The van der Waals surface area contributed by atoms with Gasteiger partial charge in [-0.25, -0.2) is 19.6 Å². The Balaban J connectivity index is 1.49. The zero-order chi connectivity index (χ0) is 41.5. The summed E-state index contributed by atoms with van der Waals surface area (Å²) in [6.07, 6.45) is 0.361. The molecule has 0 saturated heterocycles. The summed E-state index contributed by atoms with van der Waals surface area (Å²) >= 11 is 7.18. The summed E-state index contributed by atoms with van der Waals surface area (Å²) < 4.78 is 22.4. The van der Waals surface area contributed by atoms with Crippen LogP contribution >= 0.6 is 23.4 Å². The first-order valence-corrected chi connectivity index (χ1v) is 18.8. The fraction of sp³-hybridized carbons (Fsp3) is 0.316. The quantitative estimate of drug-likeness (QED) is 0.0671.